The van der Waals surface area contributed by atoms with Crippen molar-refractivity contribution in [3.63, 3.8) is 0 Å². The number of carbonyl (C=O) groups excluding carboxylic acids is 2. The molecule has 0 bridgehead atoms. The van der Waals surface area contributed by atoms with E-state index in [1.54, 1.807) is 23.6 Å². The van der Waals surface area contributed by atoms with Crippen LogP contribution < -0.4 is 0 Å². The number of rotatable bonds is 7. The third-order valence-corrected chi connectivity index (χ3v) is 8.04. The highest BCUT2D eigenvalue weighted by Crippen LogP contribution is 2.26. The molecule has 1 aromatic heterocycles. The van der Waals surface area contributed by atoms with Crippen molar-refractivity contribution in [2.75, 3.05) is 19.7 Å². The van der Waals surface area contributed by atoms with Crippen LogP contribution >= 0.6 is 22.9 Å². The van der Waals surface area contributed by atoms with E-state index in [1.165, 1.54) is 39.9 Å². The Morgan fingerprint density at radius 1 is 1.09 bits per heavy atom. The van der Waals surface area contributed by atoms with Crippen LogP contribution in [0.25, 0.3) is 10.6 Å². The monoisotopic (exact) mass is 490 g/mol. The van der Waals surface area contributed by atoms with E-state index in [4.69, 9.17) is 16.3 Å². The highest BCUT2D eigenvalue weighted by Gasteiger charge is 2.27. The highest BCUT2D eigenvalue weighted by molar-refractivity contribution is 7.89. The van der Waals surface area contributed by atoms with Crippen LogP contribution in [0.1, 0.15) is 33.7 Å². The summed E-state index contributed by atoms with van der Waals surface area (Å²) in [5.74, 6) is -1.15. The van der Waals surface area contributed by atoms with Gasteiger partial charge in [0.25, 0.3) is 0 Å². The molecule has 0 amide bonds. The maximum atomic E-state index is 12.6. The predicted octanol–water partition coefficient (Wildman–Crippen LogP) is 4.29. The molecule has 1 aliphatic rings. The van der Waals surface area contributed by atoms with Crippen molar-refractivity contribution in [1.29, 1.82) is 0 Å². The maximum Gasteiger partial charge on any atom is 0.358 e. The second kappa shape index (κ2) is 9.50. The lowest BCUT2D eigenvalue weighted by atomic mass is 10.1. The summed E-state index contributed by atoms with van der Waals surface area (Å²) in [5.41, 5.74) is 1.14. The summed E-state index contributed by atoms with van der Waals surface area (Å²) in [5, 5.41) is 2.73. The number of Topliss-reactive ketones (excluding diaryl/α,β-unsaturated/α-hetero) is 1. The standard InChI is InChI=1S/C22H19ClN2O5S2/c23-17-5-3-4-16(12-17)21-24-19(14-31-21)22(27)30-13-20(26)15-6-8-18(9-7-15)32(28,29)25-10-1-2-11-25/h3-9,12,14H,1-2,10-11,13H2. The van der Waals surface area contributed by atoms with E-state index < -0.39 is 28.4 Å². The molecule has 0 N–H and O–H groups in total. The largest absolute Gasteiger partial charge is 0.453 e. The normalized spacial score (nSPS) is 14.4. The van der Waals surface area contributed by atoms with Gasteiger partial charge in [-0.15, -0.1) is 11.3 Å². The zero-order chi connectivity index (χ0) is 22.7. The lowest BCUT2D eigenvalue weighted by Crippen LogP contribution is -2.27. The molecule has 2 aromatic carbocycles. The van der Waals surface area contributed by atoms with Crippen LogP contribution in [-0.4, -0.2) is 49.2 Å². The summed E-state index contributed by atoms with van der Waals surface area (Å²) in [6, 6.07) is 12.8. The third-order valence-electron chi connectivity index (χ3n) is 5.00. The molecule has 0 unspecified atom stereocenters. The number of hydrogen-bond acceptors (Lipinski definition) is 7. The quantitative estimate of drug-likeness (QED) is 0.362. The molecule has 4 rings (SSSR count). The van der Waals surface area contributed by atoms with Crippen LogP contribution in [0.2, 0.25) is 5.02 Å². The molecule has 0 aliphatic carbocycles. The second-order valence-corrected chi connectivity index (χ2v) is 10.4. The summed E-state index contributed by atoms with van der Waals surface area (Å²) in [4.78, 5) is 29.1. The fourth-order valence-corrected chi connectivity index (χ4v) is 5.79. The van der Waals surface area contributed by atoms with Gasteiger partial charge in [-0.05, 0) is 49.2 Å². The molecule has 1 aliphatic heterocycles. The van der Waals surface area contributed by atoms with Crippen molar-refractivity contribution in [2.45, 2.75) is 17.7 Å². The van der Waals surface area contributed by atoms with E-state index in [9.17, 15) is 18.0 Å². The number of carbonyl (C=O) groups is 2. The van der Waals surface area contributed by atoms with Crippen molar-refractivity contribution in [2.24, 2.45) is 0 Å². The average Bonchev–Trinajstić information content (AvgIpc) is 3.50. The van der Waals surface area contributed by atoms with Gasteiger partial charge in [-0.25, -0.2) is 18.2 Å². The van der Waals surface area contributed by atoms with Crippen LogP contribution in [0.4, 0.5) is 0 Å². The zero-order valence-corrected chi connectivity index (χ0v) is 19.3. The van der Waals surface area contributed by atoms with Crippen LogP contribution in [0.15, 0.2) is 58.8 Å². The van der Waals surface area contributed by atoms with E-state index in [0.717, 1.165) is 18.4 Å². The minimum Gasteiger partial charge on any atom is -0.453 e. The smallest absolute Gasteiger partial charge is 0.358 e. The summed E-state index contributed by atoms with van der Waals surface area (Å²) in [6.07, 6.45) is 1.70. The molecule has 32 heavy (non-hydrogen) atoms. The fraction of sp³-hybridized carbons (Fsp3) is 0.227. The molecule has 1 fully saturated rings. The van der Waals surface area contributed by atoms with Gasteiger partial charge in [0.1, 0.15) is 5.01 Å². The van der Waals surface area contributed by atoms with Crippen molar-refractivity contribution >= 4 is 44.7 Å². The number of sulfonamides is 1. The molecular weight excluding hydrogens is 472 g/mol. The SMILES string of the molecule is O=C(COC(=O)c1csc(-c2cccc(Cl)c2)n1)c1ccc(S(=O)(=O)N2CCCC2)cc1. The topological polar surface area (TPSA) is 93.6 Å². The summed E-state index contributed by atoms with van der Waals surface area (Å²) < 4.78 is 31.7. The lowest BCUT2D eigenvalue weighted by Gasteiger charge is -2.15. The Balaban J connectivity index is 1.37. The van der Waals surface area contributed by atoms with Gasteiger partial charge >= 0.3 is 5.97 Å². The first-order valence-corrected chi connectivity index (χ1v) is 12.6. The van der Waals surface area contributed by atoms with Gasteiger partial charge in [0.15, 0.2) is 18.1 Å². The number of hydrogen-bond donors (Lipinski definition) is 0. The highest BCUT2D eigenvalue weighted by atomic mass is 35.5. The minimum atomic E-state index is -3.54. The Bertz CT molecular complexity index is 1250. The van der Waals surface area contributed by atoms with Crippen molar-refractivity contribution in [3.05, 3.63) is 70.2 Å². The van der Waals surface area contributed by atoms with E-state index in [0.29, 0.717) is 23.1 Å². The number of thiazole rings is 1. The number of esters is 1. The Morgan fingerprint density at radius 2 is 1.81 bits per heavy atom. The first kappa shape index (κ1) is 22.6. The maximum absolute atomic E-state index is 12.6. The Labute approximate surface area is 194 Å². The fourth-order valence-electron chi connectivity index (χ4n) is 3.30. The molecule has 0 radical (unpaired) electrons. The molecule has 10 heteroatoms. The van der Waals surface area contributed by atoms with E-state index in [-0.39, 0.29) is 16.2 Å². The molecule has 7 nitrogen and oxygen atoms in total. The summed E-state index contributed by atoms with van der Waals surface area (Å²) >= 11 is 7.25. The molecular formula is C22H19ClN2O5S2. The van der Waals surface area contributed by atoms with Gasteiger partial charge in [0, 0.05) is 34.6 Å². The van der Waals surface area contributed by atoms with Gasteiger partial charge in [-0.3, -0.25) is 4.79 Å². The van der Waals surface area contributed by atoms with Gasteiger partial charge in [-0.1, -0.05) is 23.7 Å². The van der Waals surface area contributed by atoms with Crippen molar-refractivity contribution < 1.29 is 22.7 Å². The van der Waals surface area contributed by atoms with Crippen molar-refractivity contribution in [3.8, 4) is 10.6 Å². The van der Waals surface area contributed by atoms with Gasteiger partial charge in [-0.2, -0.15) is 4.31 Å². The first-order valence-electron chi connectivity index (χ1n) is 9.86. The summed E-state index contributed by atoms with van der Waals surface area (Å²) in [7, 11) is -3.54. The number of benzene rings is 2. The lowest BCUT2D eigenvalue weighted by molar-refractivity contribution is 0.0470. The van der Waals surface area contributed by atoms with Crippen LogP contribution in [0, 0.1) is 0 Å². The summed E-state index contributed by atoms with van der Waals surface area (Å²) in [6.45, 7) is 0.546. The minimum absolute atomic E-state index is 0.102. The first-order chi connectivity index (χ1) is 15.3. The van der Waals surface area contributed by atoms with Gasteiger partial charge in [0.2, 0.25) is 10.0 Å². The average molecular weight is 491 g/mol. The van der Waals surface area contributed by atoms with Crippen molar-refractivity contribution in [1.82, 2.24) is 9.29 Å². The molecule has 0 atom stereocenters. The van der Waals surface area contributed by atoms with Crippen LogP contribution in [-0.2, 0) is 14.8 Å². The van der Waals surface area contributed by atoms with Gasteiger partial charge in [0.05, 0.1) is 4.90 Å². The zero-order valence-electron chi connectivity index (χ0n) is 16.9. The van der Waals surface area contributed by atoms with E-state index in [1.807, 2.05) is 6.07 Å². The van der Waals surface area contributed by atoms with Crippen LogP contribution in [0.3, 0.4) is 0 Å². The molecule has 166 valence electrons. The molecule has 0 saturated carbocycles. The molecule has 3 aromatic rings. The number of halogens is 1. The van der Waals surface area contributed by atoms with Gasteiger partial charge < -0.3 is 4.74 Å². The molecule has 1 saturated heterocycles. The predicted molar refractivity (Wildman–Crippen MR) is 122 cm³/mol. The number of nitrogens with zero attached hydrogens (tertiary/aromatic N) is 2. The second-order valence-electron chi connectivity index (χ2n) is 7.18. The number of ketones is 1. The van der Waals surface area contributed by atoms with E-state index in [2.05, 4.69) is 4.98 Å². The Kier molecular flexibility index (Phi) is 6.71. The number of aromatic nitrogens is 1. The van der Waals surface area contributed by atoms with E-state index >= 15 is 0 Å². The Hall–Kier alpha value is -2.59. The van der Waals surface area contributed by atoms with Crippen LogP contribution in [0.5, 0.6) is 0 Å². The third kappa shape index (κ3) is 4.91. The Morgan fingerprint density at radius 3 is 2.50 bits per heavy atom. The molecule has 2 heterocycles. The number of ether oxygens (including phenoxy) is 1. The molecule has 0 spiro atoms.